The van der Waals surface area contributed by atoms with Gasteiger partial charge in [0.15, 0.2) is 4.96 Å². The van der Waals surface area contributed by atoms with Crippen molar-refractivity contribution in [3.05, 3.63) is 140 Å². The molecule has 0 unspecified atom stereocenters. The number of aromatic nitrogens is 4. The molecule has 0 amide bonds. The second kappa shape index (κ2) is 10.1. The van der Waals surface area contributed by atoms with Crippen molar-refractivity contribution >= 4 is 45.0 Å². The summed E-state index contributed by atoms with van der Waals surface area (Å²) in [6, 6.07) is 33.0. The second-order valence-electron chi connectivity index (χ2n) is 9.25. The van der Waals surface area contributed by atoms with Gasteiger partial charge in [0.05, 0.1) is 21.3 Å². The zero-order valence-electron chi connectivity index (χ0n) is 21.1. The first-order valence-electron chi connectivity index (χ1n) is 12.7. The van der Waals surface area contributed by atoms with Crippen molar-refractivity contribution in [2.45, 2.75) is 6.61 Å². The van der Waals surface area contributed by atoms with E-state index in [0.29, 0.717) is 21.1 Å². The van der Waals surface area contributed by atoms with Gasteiger partial charge < -0.3 is 4.74 Å². The molecular formula is C32H21ClN4O2S. The average Bonchev–Trinajstić information content (AvgIpc) is 3.66. The van der Waals surface area contributed by atoms with E-state index in [1.807, 2.05) is 120 Å². The first kappa shape index (κ1) is 24.3. The third-order valence-electron chi connectivity index (χ3n) is 6.67. The summed E-state index contributed by atoms with van der Waals surface area (Å²) in [6.45, 7) is 0.377. The number of ether oxygens (including phenoxy) is 1. The zero-order chi connectivity index (χ0) is 27.1. The number of halogens is 1. The Morgan fingerprint density at radius 1 is 0.875 bits per heavy atom. The van der Waals surface area contributed by atoms with Gasteiger partial charge in [0.25, 0.3) is 5.56 Å². The Labute approximate surface area is 238 Å². The molecule has 0 N–H and O–H groups in total. The number of para-hydroxylation sites is 3. The van der Waals surface area contributed by atoms with Crippen LogP contribution in [0, 0.1) is 0 Å². The van der Waals surface area contributed by atoms with Crippen molar-refractivity contribution < 1.29 is 4.74 Å². The Balaban J connectivity index is 1.28. The molecule has 0 aliphatic heterocycles. The highest BCUT2D eigenvalue weighted by Gasteiger charge is 2.15. The summed E-state index contributed by atoms with van der Waals surface area (Å²) in [5.41, 5.74) is 5.89. The SMILES string of the molecule is O=c1c(=Cc2cn(-c3ccccc3)nc2-c2ccc(OCc3ccccc3Cl)cc2)sc2nc3ccccc3n12. The first-order chi connectivity index (χ1) is 19.6. The maximum Gasteiger partial charge on any atom is 0.274 e. The summed E-state index contributed by atoms with van der Waals surface area (Å²) in [5.74, 6) is 0.727. The molecule has 0 spiro atoms. The molecular weight excluding hydrogens is 540 g/mol. The van der Waals surface area contributed by atoms with Crippen LogP contribution in [0.5, 0.6) is 5.75 Å². The highest BCUT2D eigenvalue weighted by molar-refractivity contribution is 7.15. The molecule has 0 bridgehead atoms. The Kier molecular flexibility index (Phi) is 6.15. The van der Waals surface area contributed by atoms with Gasteiger partial charge in [-0.25, -0.2) is 14.1 Å². The average molecular weight is 561 g/mol. The molecule has 40 heavy (non-hydrogen) atoms. The number of hydrogen-bond acceptors (Lipinski definition) is 5. The molecule has 0 saturated heterocycles. The molecule has 3 aromatic heterocycles. The fraction of sp³-hybridized carbons (Fsp3) is 0.0312. The van der Waals surface area contributed by atoms with E-state index >= 15 is 0 Å². The van der Waals surface area contributed by atoms with Crippen molar-refractivity contribution in [1.29, 1.82) is 0 Å². The van der Waals surface area contributed by atoms with Crippen LogP contribution in [0.25, 0.3) is 39.0 Å². The fourth-order valence-corrected chi connectivity index (χ4v) is 5.84. The van der Waals surface area contributed by atoms with Crippen molar-refractivity contribution in [1.82, 2.24) is 19.2 Å². The summed E-state index contributed by atoms with van der Waals surface area (Å²) >= 11 is 7.65. The van der Waals surface area contributed by atoms with Crippen molar-refractivity contribution in [3.63, 3.8) is 0 Å². The van der Waals surface area contributed by atoms with Crippen LogP contribution in [0.15, 0.2) is 114 Å². The van der Waals surface area contributed by atoms with Crippen LogP contribution >= 0.6 is 22.9 Å². The summed E-state index contributed by atoms with van der Waals surface area (Å²) in [7, 11) is 0. The third kappa shape index (κ3) is 4.45. The molecule has 194 valence electrons. The molecule has 0 aliphatic rings. The molecule has 3 heterocycles. The molecule has 0 fully saturated rings. The van der Waals surface area contributed by atoms with Gasteiger partial charge in [-0.05, 0) is 60.7 Å². The van der Waals surface area contributed by atoms with Gasteiger partial charge in [-0.3, -0.25) is 4.79 Å². The fourth-order valence-electron chi connectivity index (χ4n) is 4.67. The maximum absolute atomic E-state index is 13.4. The molecule has 4 aromatic carbocycles. The first-order valence-corrected chi connectivity index (χ1v) is 13.9. The van der Waals surface area contributed by atoms with Gasteiger partial charge in [-0.15, -0.1) is 0 Å². The molecule has 6 nitrogen and oxygen atoms in total. The Bertz CT molecular complexity index is 2100. The topological polar surface area (TPSA) is 61.4 Å². The van der Waals surface area contributed by atoms with Gasteiger partial charge in [0.1, 0.15) is 18.1 Å². The Hall–Kier alpha value is -4.72. The molecule has 0 radical (unpaired) electrons. The van der Waals surface area contributed by atoms with Crippen molar-refractivity contribution in [3.8, 4) is 22.7 Å². The third-order valence-corrected chi connectivity index (χ3v) is 8.01. The second-order valence-corrected chi connectivity index (χ2v) is 10.7. The number of fused-ring (bicyclic) bond motifs is 3. The van der Waals surface area contributed by atoms with Crippen molar-refractivity contribution in [2.75, 3.05) is 0 Å². The number of thiazole rings is 1. The summed E-state index contributed by atoms with van der Waals surface area (Å²) in [4.78, 5) is 18.8. The lowest BCUT2D eigenvalue weighted by Gasteiger charge is -2.08. The standard InChI is InChI=1S/C32H21ClN4O2S/c33-26-11-5-4-8-22(26)20-39-25-16-14-21(15-17-25)30-23(19-36(35-30)24-9-2-1-3-10-24)18-29-31(38)37-28-13-7-6-12-27(28)34-32(37)40-29/h1-19H,20H2. The van der Waals surface area contributed by atoms with Gasteiger partial charge in [0, 0.05) is 27.9 Å². The predicted molar refractivity (Wildman–Crippen MR) is 160 cm³/mol. The van der Waals surface area contributed by atoms with E-state index in [9.17, 15) is 4.79 Å². The van der Waals surface area contributed by atoms with Crippen LogP contribution in [0.4, 0.5) is 0 Å². The largest absolute Gasteiger partial charge is 0.489 e. The van der Waals surface area contributed by atoms with Crippen LogP contribution in [0.2, 0.25) is 5.02 Å². The van der Waals surface area contributed by atoms with E-state index < -0.39 is 0 Å². The minimum absolute atomic E-state index is 0.0876. The van der Waals surface area contributed by atoms with E-state index in [2.05, 4.69) is 4.98 Å². The van der Waals surface area contributed by atoms with E-state index in [4.69, 9.17) is 21.4 Å². The smallest absolute Gasteiger partial charge is 0.274 e. The molecule has 7 aromatic rings. The number of benzene rings is 4. The lowest BCUT2D eigenvalue weighted by Crippen LogP contribution is -2.22. The van der Waals surface area contributed by atoms with Crippen LogP contribution in [-0.2, 0) is 6.61 Å². The number of hydrogen-bond donors (Lipinski definition) is 0. The summed E-state index contributed by atoms with van der Waals surface area (Å²) in [6.07, 6.45) is 3.85. The van der Waals surface area contributed by atoms with Gasteiger partial charge >= 0.3 is 0 Å². The van der Waals surface area contributed by atoms with Gasteiger partial charge in [-0.2, -0.15) is 5.10 Å². The van der Waals surface area contributed by atoms with Crippen LogP contribution in [0.3, 0.4) is 0 Å². The highest BCUT2D eigenvalue weighted by atomic mass is 35.5. The van der Waals surface area contributed by atoms with E-state index in [1.165, 1.54) is 11.3 Å². The predicted octanol–water partition coefficient (Wildman–Crippen LogP) is 6.54. The highest BCUT2D eigenvalue weighted by Crippen LogP contribution is 2.27. The van der Waals surface area contributed by atoms with Crippen LogP contribution < -0.4 is 14.8 Å². The molecule has 0 atom stereocenters. The monoisotopic (exact) mass is 560 g/mol. The number of rotatable bonds is 6. The maximum atomic E-state index is 13.4. The molecule has 0 saturated carbocycles. The quantitative estimate of drug-likeness (QED) is 0.232. The molecule has 7 rings (SSSR count). The van der Waals surface area contributed by atoms with E-state index in [1.54, 1.807) is 4.40 Å². The van der Waals surface area contributed by atoms with Crippen LogP contribution in [0.1, 0.15) is 11.1 Å². The zero-order valence-corrected chi connectivity index (χ0v) is 22.6. The lowest BCUT2D eigenvalue weighted by atomic mass is 10.1. The number of nitrogens with zero attached hydrogens (tertiary/aromatic N) is 4. The summed E-state index contributed by atoms with van der Waals surface area (Å²) < 4.78 is 10.1. The minimum atomic E-state index is -0.0876. The Morgan fingerprint density at radius 3 is 2.45 bits per heavy atom. The van der Waals surface area contributed by atoms with Crippen molar-refractivity contribution in [2.24, 2.45) is 0 Å². The van der Waals surface area contributed by atoms with E-state index in [0.717, 1.165) is 44.9 Å². The van der Waals surface area contributed by atoms with Crippen LogP contribution in [-0.4, -0.2) is 19.2 Å². The summed E-state index contributed by atoms with van der Waals surface area (Å²) in [5, 5.41) is 5.59. The van der Waals surface area contributed by atoms with Gasteiger partial charge in [0.2, 0.25) is 0 Å². The van der Waals surface area contributed by atoms with E-state index in [-0.39, 0.29) is 5.56 Å². The molecule has 0 aliphatic carbocycles. The lowest BCUT2D eigenvalue weighted by molar-refractivity contribution is 0.306. The molecule has 8 heteroatoms. The Morgan fingerprint density at radius 2 is 1.62 bits per heavy atom. The number of imidazole rings is 1. The normalized spacial score (nSPS) is 12.0. The minimum Gasteiger partial charge on any atom is -0.489 e. The van der Waals surface area contributed by atoms with Gasteiger partial charge in [-0.1, -0.05) is 71.5 Å².